The average Bonchev–Trinajstić information content (AvgIpc) is 2.28. The molecule has 1 aliphatic heterocycles. The number of nitrogens with one attached hydrogen (secondary N) is 1. The van der Waals surface area contributed by atoms with Crippen LogP contribution >= 0.6 is 0 Å². The third kappa shape index (κ3) is 1.54. The minimum atomic E-state index is 1.17. The largest absolute Gasteiger partial charge is 0.316 e. The fourth-order valence-corrected chi connectivity index (χ4v) is 1.89. The first-order valence-electron chi connectivity index (χ1n) is 4.55. The molecule has 0 bridgehead atoms. The Morgan fingerprint density at radius 1 is 1.09 bits per heavy atom. The van der Waals surface area contributed by atoms with E-state index in [0.29, 0.717) is 0 Å². The molecule has 0 spiro atoms. The first kappa shape index (κ1) is 7.11. The molecule has 1 nitrogen and oxygen atoms in total. The van der Waals surface area contributed by atoms with Gasteiger partial charge in [0.25, 0.3) is 0 Å². The molecule has 0 amide bonds. The van der Waals surface area contributed by atoms with Gasteiger partial charge in [-0.2, -0.15) is 0 Å². The minimum Gasteiger partial charge on any atom is -0.316 e. The van der Waals surface area contributed by atoms with E-state index < -0.39 is 0 Å². The summed E-state index contributed by atoms with van der Waals surface area (Å²) in [4.78, 5) is 0. The highest BCUT2D eigenvalue weighted by molar-refractivity contribution is 5.30. The van der Waals surface area contributed by atoms with E-state index in [1.165, 1.54) is 38.8 Å². The molecule has 0 aromatic rings. The highest BCUT2D eigenvalue weighted by atomic mass is 14.8. The second-order valence-electron chi connectivity index (χ2n) is 3.32. The van der Waals surface area contributed by atoms with E-state index in [2.05, 4.69) is 17.5 Å². The number of hydrogen-bond acceptors (Lipinski definition) is 1. The molecule has 1 heteroatoms. The van der Waals surface area contributed by atoms with E-state index in [9.17, 15) is 0 Å². The number of rotatable bonds is 0. The molecule has 1 aliphatic carbocycles. The summed E-state index contributed by atoms with van der Waals surface area (Å²) in [6.45, 7) is 2.36. The van der Waals surface area contributed by atoms with Crippen LogP contribution in [0.25, 0.3) is 0 Å². The quantitative estimate of drug-likeness (QED) is 0.555. The summed E-state index contributed by atoms with van der Waals surface area (Å²) in [5.41, 5.74) is 3.32. The van der Waals surface area contributed by atoms with Gasteiger partial charge in [-0.05, 0) is 44.3 Å². The van der Waals surface area contributed by atoms with Crippen LogP contribution in [0.4, 0.5) is 0 Å². The van der Waals surface area contributed by atoms with E-state index in [1.807, 2.05) is 0 Å². The molecule has 0 saturated heterocycles. The van der Waals surface area contributed by atoms with Gasteiger partial charge in [-0.25, -0.2) is 0 Å². The Hall–Kier alpha value is -0.560. The molecular formula is C10H15N. The predicted molar refractivity (Wildman–Crippen MR) is 47.5 cm³/mol. The molecule has 11 heavy (non-hydrogen) atoms. The molecule has 0 aromatic carbocycles. The van der Waals surface area contributed by atoms with Crippen LogP contribution in [0.5, 0.6) is 0 Å². The Morgan fingerprint density at radius 2 is 2.00 bits per heavy atom. The number of allylic oxidation sites excluding steroid dienone is 2. The maximum Gasteiger partial charge on any atom is -0.000824 e. The molecule has 2 aliphatic rings. The summed E-state index contributed by atoms with van der Waals surface area (Å²) in [6, 6.07) is 0. The zero-order chi connectivity index (χ0) is 7.52. The Morgan fingerprint density at radius 3 is 3.00 bits per heavy atom. The van der Waals surface area contributed by atoms with E-state index in [0.717, 1.165) is 0 Å². The van der Waals surface area contributed by atoms with Crippen LogP contribution in [-0.4, -0.2) is 13.1 Å². The van der Waals surface area contributed by atoms with Gasteiger partial charge in [0.2, 0.25) is 0 Å². The Balaban J connectivity index is 2.17. The normalized spacial score (nSPS) is 24.7. The highest BCUT2D eigenvalue weighted by Gasteiger charge is 2.10. The lowest BCUT2D eigenvalue weighted by molar-refractivity contribution is 0.703. The van der Waals surface area contributed by atoms with E-state index in [1.54, 1.807) is 11.1 Å². The minimum absolute atomic E-state index is 1.17. The topological polar surface area (TPSA) is 12.0 Å². The van der Waals surface area contributed by atoms with Gasteiger partial charge in [0.1, 0.15) is 0 Å². The van der Waals surface area contributed by atoms with Crippen molar-refractivity contribution in [1.29, 1.82) is 0 Å². The summed E-state index contributed by atoms with van der Waals surface area (Å²) < 4.78 is 0. The summed E-state index contributed by atoms with van der Waals surface area (Å²) in [7, 11) is 0. The van der Waals surface area contributed by atoms with Gasteiger partial charge in [-0.3, -0.25) is 0 Å². The molecule has 0 saturated carbocycles. The Bertz CT molecular complexity index is 201. The van der Waals surface area contributed by atoms with Crippen molar-refractivity contribution in [2.75, 3.05) is 13.1 Å². The van der Waals surface area contributed by atoms with E-state index in [4.69, 9.17) is 0 Å². The Labute approximate surface area is 68.2 Å². The molecule has 0 atom stereocenters. The lowest BCUT2D eigenvalue weighted by Gasteiger charge is -2.11. The first-order valence-corrected chi connectivity index (χ1v) is 4.55. The zero-order valence-corrected chi connectivity index (χ0v) is 6.90. The monoisotopic (exact) mass is 149 g/mol. The first-order chi connectivity index (χ1) is 5.47. The van der Waals surface area contributed by atoms with Crippen LogP contribution in [0.1, 0.15) is 25.7 Å². The van der Waals surface area contributed by atoms with Crippen molar-refractivity contribution >= 4 is 0 Å². The summed E-state index contributed by atoms with van der Waals surface area (Å²) in [5, 5.41) is 3.43. The van der Waals surface area contributed by atoms with Crippen molar-refractivity contribution in [3.63, 3.8) is 0 Å². The maximum absolute atomic E-state index is 3.43. The van der Waals surface area contributed by atoms with Crippen molar-refractivity contribution in [2.45, 2.75) is 25.7 Å². The van der Waals surface area contributed by atoms with E-state index >= 15 is 0 Å². The third-order valence-electron chi connectivity index (χ3n) is 2.56. The van der Waals surface area contributed by atoms with Crippen LogP contribution in [0.3, 0.4) is 0 Å². The lowest BCUT2D eigenvalue weighted by atomic mass is 9.94. The van der Waals surface area contributed by atoms with Crippen LogP contribution in [-0.2, 0) is 0 Å². The van der Waals surface area contributed by atoms with Gasteiger partial charge in [-0.15, -0.1) is 0 Å². The van der Waals surface area contributed by atoms with Crippen molar-refractivity contribution in [1.82, 2.24) is 5.32 Å². The van der Waals surface area contributed by atoms with Gasteiger partial charge in [0.15, 0.2) is 0 Å². The van der Waals surface area contributed by atoms with Crippen molar-refractivity contribution in [2.24, 2.45) is 0 Å². The fraction of sp³-hybridized carbons (Fsp3) is 0.600. The number of hydrogen-bond donors (Lipinski definition) is 1. The lowest BCUT2D eigenvalue weighted by Crippen LogP contribution is -2.14. The maximum atomic E-state index is 3.43. The Kier molecular flexibility index (Phi) is 2.08. The molecule has 0 unspecified atom stereocenters. The molecule has 2 rings (SSSR count). The van der Waals surface area contributed by atoms with Crippen molar-refractivity contribution < 1.29 is 0 Å². The summed E-state index contributed by atoms with van der Waals surface area (Å²) >= 11 is 0. The van der Waals surface area contributed by atoms with Gasteiger partial charge in [0, 0.05) is 0 Å². The zero-order valence-electron chi connectivity index (χ0n) is 6.90. The molecule has 0 aromatic heterocycles. The summed E-state index contributed by atoms with van der Waals surface area (Å²) in [5.74, 6) is 0. The van der Waals surface area contributed by atoms with Crippen LogP contribution < -0.4 is 5.32 Å². The van der Waals surface area contributed by atoms with Crippen LogP contribution in [0, 0.1) is 0 Å². The van der Waals surface area contributed by atoms with Crippen molar-refractivity contribution in [3.8, 4) is 0 Å². The smallest absolute Gasteiger partial charge is 0.000824 e. The predicted octanol–water partition coefficient (Wildman–Crippen LogP) is 2.02. The highest BCUT2D eigenvalue weighted by Crippen LogP contribution is 2.24. The molecular weight excluding hydrogens is 134 g/mol. The molecule has 1 N–H and O–H groups in total. The third-order valence-corrected chi connectivity index (χ3v) is 2.56. The van der Waals surface area contributed by atoms with Gasteiger partial charge >= 0.3 is 0 Å². The summed E-state index contributed by atoms with van der Waals surface area (Å²) in [6.07, 6.45) is 9.73. The fourth-order valence-electron chi connectivity index (χ4n) is 1.89. The van der Waals surface area contributed by atoms with Gasteiger partial charge < -0.3 is 5.32 Å². The molecule has 1 heterocycles. The average molecular weight is 149 g/mol. The van der Waals surface area contributed by atoms with Gasteiger partial charge in [-0.1, -0.05) is 17.7 Å². The van der Waals surface area contributed by atoms with Crippen LogP contribution in [0.15, 0.2) is 23.3 Å². The molecule has 0 radical (unpaired) electrons. The second-order valence-corrected chi connectivity index (χ2v) is 3.32. The standard InChI is InChI=1S/C10H15N/c1-2-4-10-6-8-11-7-5-9(10)3-1/h1,3,11H,2,4-8H2. The second kappa shape index (κ2) is 3.22. The SMILES string of the molecule is C1=CC2=C(CC1)CCNCC2. The van der Waals surface area contributed by atoms with Crippen LogP contribution in [0.2, 0.25) is 0 Å². The molecule has 0 fully saturated rings. The van der Waals surface area contributed by atoms with E-state index in [-0.39, 0.29) is 0 Å². The molecule has 60 valence electrons. The van der Waals surface area contributed by atoms with Gasteiger partial charge in [0.05, 0.1) is 0 Å². The van der Waals surface area contributed by atoms with Crippen molar-refractivity contribution in [3.05, 3.63) is 23.3 Å².